The lowest BCUT2D eigenvalue weighted by Crippen LogP contribution is -1.91. The third kappa shape index (κ3) is 4.35. The molecule has 5 heteroatoms. The van der Waals surface area contributed by atoms with E-state index in [2.05, 4.69) is 15.2 Å². The third-order valence-corrected chi connectivity index (χ3v) is 2.79. The minimum absolute atomic E-state index is 0.204. The van der Waals surface area contributed by atoms with Crippen molar-refractivity contribution in [1.29, 1.82) is 0 Å². The molecule has 0 heterocycles. The average Bonchev–Trinajstić information content (AvgIpc) is 2.52. The van der Waals surface area contributed by atoms with Gasteiger partial charge in [0, 0.05) is 23.6 Å². The molecule has 2 rings (SSSR count). The number of para-hydroxylation sites is 1. The number of aromatic hydroxyl groups is 1. The highest BCUT2D eigenvalue weighted by molar-refractivity contribution is 5.86. The summed E-state index contributed by atoms with van der Waals surface area (Å²) in [6.07, 6.45) is 3.23. The van der Waals surface area contributed by atoms with Crippen LogP contribution in [-0.4, -0.2) is 30.6 Å². The molecule has 0 saturated heterocycles. The number of hydrogen-bond acceptors (Lipinski definition) is 5. The molecular weight excluding hydrogens is 266 g/mol. The molecule has 0 unspecified atom stereocenters. The Morgan fingerprint density at radius 3 is 2.10 bits per heavy atom. The summed E-state index contributed by atoms with van der Waals surface area (Å²) in [4.78, 5) is 19.0. The molecule has 5 nitrogen and oxygen atoms in total. The fourth-order valence-corrected chi connectivity index (χ4v) is 1.72. The highest BCUT2D eigenvalue weighted by Gasteiger charge is 1.97. The summed E-state index contributed by atoms with van der Waals surface area (Å²) in [6, 6.07) is 14.0. The van der Waals surface area contributed by atoms with E-state index in [0.717, 1.165) is 0 Å². The zero-order valence-corrected chi connectivity index (χ0v) is 11.4. The van der Waals surface area contributed by atoms with Gasteiger partial charge in [-0.05, 0) is 23.4 Å². The monoisotopic (exact) mass is 281 g/mol. The molecule has 2 aromatic rings. The number of benzene rings is 2. The van der Waals surface area contributed by atoms with Gasteiger partial charge in [0.1, 0.15) is 11.4 Å². The van der Waals surface area contributed by atoms with Crippen LogP contribution in [-0.2, 0) is 0 Å². The summed E-state index contributed by atoms with van der Waals surface area (Å²) in [7, 11) is 0. The van der Waals surface area contributed by atoms with Crippen LogP contribution in [0.2, 0.25) is 0 Å². The quantitative estimate of drug-likeness (QED) is 0.501. The highest BCUT2D eigenvalue weighted by atomic mass is 16.3. The number of phenols is 1. The molecule has 0 radical (unpaired) electrons. The van der Waals surface area contributed by atoms with Gasteiger partial charge >= 0.3 is 0 Å². The molecule has 0 amide bonds. The minimum Gasteiger partial charge on any atom is -0.507 e. The summed E-state index contributed by atoms with van der Waals surface area (Å²) in [5.41, 5.74) is 1.74. The SMILES string of the molecule is O=Nc1ccccc1C=NCCN=Cc1ccccc1O. The van der Waals surface area contributed by atoms with E-state index < -0.39 is 0 Å². The number of hydrogen-bond donors (Lipinski definition) is 1. The molecule has 0 atom stereocenters. The number of nitrogens with zero attached hydrogens (tertiary/aromatic N) is 3. The molecule has 0 fully saturated rings. The summed E-state index contributed by atoms with van der Waals surface area (Å²) in [5, 5.41) is 12.5. The molecule has 2 aromatic carbocycles. The van der Waals surface area contributed by atoms with Crippen LogP contribution < -0.4 is 0 Å². The summed E-state index contributed by atoms with van der Waals surface area (Å²) in [6.45, 7) is 0.999. The molecule has 0 aliphatic heterocycles. The van der Waals surface area contributed by atoms with Gasteiger partial charge in [0.15, 0.2) is 0 Å². The van der Waals surface area contributed by atoms with Crippen molar-refractivity contribution in [1.82, 2.24) is 0 Å². The van der Waals surface area contributed by atoms with E-state index in [0.29, 0.717) is 29.9 Å². The van der Waals surface area contributed by atoms with Crippen molar-refractivity contribution >= 4 is 18.1 Å². The van der Waals surface area contributed by atoms with Crippen LogP contribution in [0.4, 0.5) is 5.69 Å². The van der Waals surface area contributed by atoms with Crippen molar-refractivity contribution in [2.75, 3.05) is 13.1 Å². The molecule has 106 valence electrons. The molecule has 0 aliphatic rings. The van der Waals surface area contributed by atoms with Crippen LogP contribution in [0.25, 0.3) is 0 Å². The first-order valence-electron chi connectivity index (χ1n) is 6.51. The Bertz CT molecular complexity index is 666. The normalized spacial score (nSPS) is 11.2. The van der Waals surface area contributed by atoms with Gasteiger partial charge in [-0.2, -0.15) is 0 Å². The van der Waals surface area contributed by atoms with Gasteiger partial charge in [-0.3, -0.25) is 9.98 Å². The topological polar surface area (TPSA) is 74.4 Å². The number of aliphatic imine (C=N–C) groups is 2. The lowest BCUT2D eigenvalue weighted by atomic mass is 10.2. The zero-order valence-electron chi connectivity index (χ0n) is 11.4. The Morgan fingerprint density at radius 1 is 0.857 bits per heavy atom. The molecule has 1 N–H and O–H groups in total. The second-order valence-corrected chi connectivity index (χ2v) is 4.28. The predicted molar refractivity (Wildman–Crippen MR) is 84.9 cm³/mol. The minimum atomic E-state index is 0.204. The van der Waals surface area contributed by atoms with E-state index in [1.54, 1.807) is 48.8 Å². The Labute approximate surface area is 122 Å². The van der Waals surface area contributed by atoms with Crippen molar-refractivity contribution in [3.8, 4) is 5.75 Å². The molecule has 0 spiro atoms. The maximum absolute atomic E-state index is 10.6. The fraction of sp³-hybridized carbons (Fsp3) is 0.125. The van der Waals surface area contributed by atoms with E-state index in [1.807, 2.05) is 12.1 Å². The largest absolute Gasteiger partial charge is 0.507 e. The maximum atomic E-state index is 10.6. The first kappa shape index (κ1) is 14.6. The molecule has 21 heavy (non-hydrogen) atoms. The zero-order chi connectivity index (χ0) is 14.9. The van der Waals surface area contributed by atoms with Crippen molar-refractivity contribution in [3.63, 3.8) is 0 Å². The lowest BCUT2D eigenvalue weighted by Gasteiger charge is -1.97. The summed E-state index contributed by atoms with van der Waals surface area (Å²) >= 11 is 0. The second-order valence-electron chi connectivity index (χ2n) is 4.28. The Morgan fingerprint density at radius 2 is 1.43 bits per heavy atom. The van der Waals surface area contributed by atoms with Crippen molar-refractivity contribution in [2.24, 2.45) is 15.2 Å². The number of rotatable bonds is 6. The fourth-order valence-electron chi connectivity index (χ4n) is 1.72. The molecular formula is C16H15N3O2. The van der Waals surface area contributed by atoms with Gasteiger partial charge in [0.05, 0.1) is 13.1 Å². The van der Waals surface area contributed by atoms with Crippen LogP contribution >= 0.6 is 0 Å². The molecule has 0 aromatic heterocycles. The maximum Gasteiger partial charge on any atom is 0.124 e. The summed E-state index contributed by atoms with van der Waals surface area (Å²) in [5.74, 6) is 0.204. The van der Waals surface area contributed by atoms with Crippen LogP contribution in [0.3, 0.4) is 0 Å². The van der Waals surface area contributed by atoms with Crippen molar-refractivity contribution < 1.29 is 5.11 Å². The van der Waals surface area contributed by atoms with Crippen molar-refractivity contribution in [3.05, 3.63) is 64.6 Å². The first-order chi connectivity index (χ1) is 10.3. The van der Waals surface area contributed by atoms with Crippen LogP contribution in [0.15, 0.2) is 63.7 Å². The third-order valence-electron chi connectivity index (χ3n) is 2.79. The number of phenolic OH excluding ortho intramolecular Hbond substituents is 1. The van der Waals surface area contributed by atoms with Gasteiger partial charge in [0.25, 0.3) is 0 Å². The van der Waals surface area contributed by atoms with Crippen LogP contribution in [0.5, 0.6) is 5.75 Å². The molecule has 0 bridgehead atoms. The lowest BCUT2D eigenvalue weighted by molar-refractivity contribution is 0.474. The Hall–Kier alpha value is -2.82. The standard InChI is InChI=1S/C16H15N3O2/c20-16-8-4-2-6-14(16)12-18-10-9-17-11-13-5-1-3-7-15(13)19-21/h1-8,11-12,20H,9-10H2. The van der Waals surface area contributed by atoms with E-state index in [1.165, 1.54) is 0 Å². The highest BCUT2D eigenvalue weighted by Crippen LogP contribution is 2.15. The van der Waals surface area contributed by atoms with Gasteiger partial charge in [-0.25, -0.2) is 0 Å². The second kappa shape index (κ2) is 7.69. The van der Waals surface area contributed by atoms with Crippen LogP contribution in [0.1, 0.15) is 11.1 Å². The van der Waals surface area contributed by atoms with Gasteiger partial charge in [0.2, 0.25) is 0 Å². The molecule has 0 saturated carbocycles. The van der Waals surface area contributed by atoms with Gasteiger partial charge in [-0.1, -0.05) is 30.3 Å². The first-order valence-corrected chi connectivity index (χ1v) is 6.51. The Kier molecular flexibility index (Phi) is 5.34. The molecule has 0 aliphatic carbocycles. The van der Waals surface area contributed by atoms with Gasteiger partial charge < -0.3 is 5.11 Å². The summed E-state index contributed by atoms with van der Waals surface area (Å²) < 4.78 is 0. The number of nitroso groups, excluding NO2 is 1. The van der Waals surface area contributed by atoms with E-state index in [9.17, 15) is 10.0 Å². The smallest absolute Gasteiger partial charge is 0.124 e. The van der Waals surface area contributed by atoms with E-state index in [4.69, 9.17) is 0 Å². The van der Waals surface area contributed by atoms with Crippen molar-refractivity contribution in [2.45, 2.75) is 0 Å². The average molecular weight is 281 g/mol. The van der Waals surface area contributed by atoms with E-state index >= 15 is 0 Å². The predicted octanol–water partition coefficient (Wildman–Crippen LogP) is 3.33. The van der Waals surface area contributed by atoms with Gasteiger partial charge in [-0.15, -0.1) is 4.91 Å². The van der Waals surface area contributed by atoms with E-state index in [-0.39, 0.29) is 5.75 Å². The van der Waals surface area contributed by atoms with Crippen LogP contribution in [0, 0.1) is 4.91 Å². The Balaban J connectivity index is 1.86.